The summed E-state index contributed by atoms with van der Waals surface area (Å²) in [7, 11) is 0. The Balaban J connectivity index is 2.67. The number of nitrogens with one attached hydrogen (secondary N) is 2. The zero-order valence-corrected chi connectivity index (χ0v) is 8.51. The molecular weight excluding hydrogens is 248 g/mol. The standard InChI is InChI=1S/C7H8F4N4O2/c1-2-17-6-13-5(14-15-6)12-4(16)7(10,11)3(8)9/h3H,2H2,1H3,(H2,12,13,14,15,16). The van der Waals surface area contributed by atoms with Gasteiger partial charge < -0.3 is 4.74 Å². The van der Waals surface area contributed by atoms with Crippen molar-refractivity contribution >= 4 is 11.9 Å². The molecule has 0 aromatic carbocycles. The molecule has 96 valence electrons. The van der Waals surface area contributed by atoms with Gasteiger partial charge in [-0.25, -0.2) is 13.9 Å². The number of aromatic amines is 1. The molecule has 1 heterocycles. The summed E-state index contributed by atoms with van der Waals surface area (Å²) in [5, 5.41) is 6.88. The van der Waals surface area contributed by atoms with Gasteiger partial charge in [-0.15, -0.1) is 5.10 Å². The van der Waals surface area contributed by atoms with Crippen molar-refractivity contribution in [3.8, 4) is 6.01 Å². The van der Waals surface area contributed by atoms with Crippen LogP contribution in [0.3, 0.4) is 0 Å². The summed E-state index contributed by atoms with van der Waals surface area (Å²) in [5.41, 5.74) is 0. The molecule has 0 aliphatic rings. The van der Waals surface area contributed by atoms with Gasteiger partial charge in [0.15, 0.2) is 0 Å². The monoisotopic (exact) mass is 256 g/mol. The molecule has 0 atom stereocenters. The van der Waals surface area contributed by atoms with Crippen molar-refractivity contribution in [3.05, 3.63) is 0 Å². The van der Waals surface area contributed by atoms with Crippen LogP contribution < -0.4 is 10.1 Å². The number of halogens is 4. The molecule has 0 spiro atoms. The van der Waals surface area contributed by atoms with Gasteiger partial charge in [-0.05, 0) is 6.92 Å². The molecule has 6 nitrogen and oxygen atoms in total. The predicted molar refractivity (Wildman–Crippen MR) is 47.1 cm³/mol. The van der Waals surface area contributed by atoms with Gasteiger partial charge in [0.05, 0.1) is 6.61 Å². The van der Waals surface area contributed by atoms with Crippen molar-refractivity contribution in [2.45, 2.75) is 19.3 Å². The summed E-state index contributed by atoms with van der Waals surface area (Å²) >= 11 is 0. The number of rotatable bonds is 5. The second kappa shape index (κ2) is 4.97. The quantitative estimate of drug-likeness (QED) is 0.771. The normalized spacial score (nSPS) is 11.6. The van der Waals surface area contributed by atoms with E-state index >= 15 is 0 Å². The van der Waals surface area contributed by atoms with Crippen LogP contribution in [0.5, 0.6) is 6.01 Å². The lowest BCUT2D eigenvalue weighted by atomic mass is 10.3. The zero-order chi connectivity index (χ0) is 13.1. The third-order valence-corrected chi connectivity index (χ3v) is 1.55. The first-order valence-corrected chi connectivity index (χ1v) is 4.40. The maximum Gasteiger partial charge on any atom is 0.383 e. The van der Waals surface area contributed by atoms with E-state index in [-0.39, 0.29) is 12.6 Å². The van der Waals surface area contributed by atoms with E-state index < -0.39 is 24.2 Å². The first kappa shape index (κ1) is 13.2. The highest BCUT2D eigenvalue weighted by Crippen LogP contribution is 2.24. The van der Waals surface area contributed by atoms with Crippen LogP contribution in [0.1, 0.15) is 6.92 Å². The van der Waals surface area contributed by atoms with Crippen molar-refractivity contribution in [3.63, 3.8) is 0 Å². The van der Waals surface area contributed by atoms with Crippen LogP contribution in [0.25, 0.3) is 0 Å². The van der Waals surface area contributed by atoms with Gasteiger partial charge >= 0.3 is 24.3 Å². The van der Waals surface area contributed by atoms with Crippen LogP contribution >= 0.6 is 0 Å². The molecular formula is C7H8F4N4O2. The summed E-state index contributed by atoms with van der Waals surface area (Å²) in [6, 6.07) is -0.192. The number of ether oxygens (including phenoxy) is 1. The topological polar surface area (TPSA) is 79.9 Å². The minimum absolute atomic E-state index is 0.192. The molecule has 17 heavy (non-hydrogen) atoms. The highest BCUT2D eigenvalue weighted by molar-refractivity contribution is 5.95. The Labute approximate surface area is 92.4 Å². The molecule has 0 fully saturated rings. The van der Waals surface area contributed by atoms with Crippen LogP contribution in [0.4, 0.5) is 23.5 Å². The zero-order valence-electron chi connectivity index (χ0n) is 8.51. The molecule has 1 amide bonds. The van der Waals surface area contributed by atoms with E-state index in [1.807, 2.05) is 5.10 Å². The van der Waals surface area contributed by atoms with Crippen LogP contribution in [-0.4, -0.2) is 40.0 Å². The molecule has 1 aromatic heterocycles. The number of hydrogen-bond donors (Lipinski definition) is 2. The lowest BCUT2D eigenvalue weighted by Gasteiger charge is -2.12. The Kier molecular flexibility index (Phi) is 3.86. The van der Waals surface area contributed by atoms with Gasteiger partial charge in [0, 0.05) is 0 Å². The van der Waals surface area contributed by atoms with Gasteiger partial charge in [-0.1, -0.05) is 0 Å². The molecule has 2 N–H and O–H groups in total. The summed E-state index contributed by atoms with van der Waals surface area (Å²) in [6.07, 6.45) is -4.10. The lowest BCUT2D eigenvalue weighted by molar-refractivity contribution is -0.163. The number of aromatic nitrogens is 3. The number of amides is 1. The Hall–Kier alpha value is -1.87. The molecule has 10 heteroatoms. The van der Waals surface area contributed by atoms with Gasteiger partial charge in [0.2, 0.25) is 5.95 Å². The summed E-state index contributed by atoms with van der Waals surface area (Å²) in [5.74, 6) is -7.47. The fourth-order valence-corrected chi connectivity index (χ4v) is 0.786. The largest absolute Gasteiger partial charge is 0.463 e. The Bertz CT molecular complexity index is 395. The molecule has 0 aliphatic heterocycles. The first-order valence-electron chi connectivity index (χ1n) is 4.40. The van der Waals surface area contributed by atoms with Gasteiger partial charge in [0.1, 0.15) is 0 Å². The second-order valence-corrected chi connectivity index (χ2v) is 2.78. The van der Waals surface area contributed by atoms with Crippen molar-refractivity contribution < 1.29 is 27.1 Å². The third kappa shape index (κ3) is 3.04. The van der Waals surface area contributed by atoms with E-state index in [1.165, 1.54) is 5.32 Å². The van der Waals surface area contributed by atoms with E-state index in [0.717, 1.165) is 0 Å². The number of carbonyl (C=O) groups excluding carboxylic acids is 1. The van der Waals surface area contributed by atoms with Crippen molar-refractivity contribution in [2.24, 2.45) is 0 Å². The first-order chi connectivity index (χ1) is 7.87. The third-order valence-electron chi connectivity index (χ3n) is 1.55. The van der Waals surface area contributed by atoms with Gasteiger partial charge in [-0.2, -0.15) is 13.8 Å². The minimum Gasteiger partial charge on any atom is -0.463 e. The number of H-pyrrole nitrogens is 1. The number of carbonyl (C=O) groups is 1. The van der Waals surface area contributed by atoms with Crippen LogP contribution in [0, 0.1) is 0 Å². The van der Waals surface area contributed by atoms with E-state index in [0.29, 0.717) is 0 Å². The minimum atomic E-state index is -4.79. The molecule has 0 saturated heterocycles. The van der Waals surface area contributed by atoms with E-state index in [2.05, 4.69) is 10.1 Å². The summed E-state index contributed by atoms with van der Waals surface area (Å²) in [6.45, 7) is 1.85. The Morgan fingerprint density at radius 3 is 2.76 bits per heavy atom. The molecule has 0 saturated carbocycles. The van der Waals surface area contributed by atoms with E-state index in [1.54, 1.807) is 6.92 Å². The Morgan fingerprint density at radius 2 is 2.24 bits per heavy atom. The van der Waals surface area contributed by atoms with Gasteiger partial charge in [0.25, 0.3) is 0 Å². The number of anilines is 1. The van der Waals surface area contributed by atoms with Crippen molar-refractivity contribution in [1.29, 1.82) is 0 Å². The summed E-state index contributed by atoms with van der Waals surface area (Å²) in [4.78, 5) is 14.2. The number of alkyl halides is 4. The van der Waals surface area contributed by atoms with E-state index in [4.69, 9.17) is 4.74 Å². The Morgan fingerprint density at radius 1 is 1.59 bits per heavy atom. The molecule has 1 rings (SSSR count). The van der Waals surface area contributed by atoms with Crippen LogP contribution in [0.2, 0.25) is 0 Å². The average Bonchev–Trinajstić information content (AvgIpc) is 2.65. The van der Waals surface area contributed by atoms with Crippen LogP contribution in [0.15, 0.2) is 0 Å². The maximum absolute atomic E-state index is 12.5. The van der Waals surface area contributed by atoms with Crippen LogP contribution in [-0.2, 0) is 4.79 Å². The average molecular weight is 256 g/mol. The molecule has 0 radical (unpaired) electrons. The van der Waals surface area contributed by atoms with Gasteiger partial charge in [-0.3, -0.25) is 10.1 Å². The molecule has 0 unspecified atom stereocenters. The maximum atomic E-state index is 12.5. The second-order valence-electron chi connectivity index (χ2n) is 2.78. The SMILES string of the molecule is CCOc1n[nH]c(NC(=O)C(F)(F)C(F)F)n1. The molecule has 1 aromatic rings. The number of hydrogen-bond acceptors (Lipinski definition) is 4. The molecule has 0 bridgehead atoms. The summed E-state index contributed by atoms with van der Waals surface area (Å²) < 4.78 is 53.4. The lowest BCUT2D eigenvalue weighted by Crippen LogP contribution is -2.41. The number of nitrogens with zero attached hydrogens (tertiary/aromatic N) is 2. The fraction of sp³-hybridized carbons (Fsp3) is 0.571. The van der Waals surface area contributed by atoms with E-state index in [9.17, 15) is 22.4 Å². The fourth-order valence-electron chi connectivity index (χ4n) is 0.786. The highest BCUT2D eigenvalue weighted by Gasteiger charge is 2.49. The molecule has 0 aliphatic carbocycles. The highest BCUT2D eigenvalue weighted by atomic mass is 19.3. The smallest absolute Gasteiger partial charge is 0.383 e. The predicted octanol–water partition coefficient (Wildman–Crippen LogP) is 1.04. The van der Waals surface area contributed by atoms with Crippen molar-refractivity contribution in [1.82, 2.24) is 15.2 Å². The van der Waals surface area contributed by atoms with Crippen molar-refractivity contribution in [2.75, 3.05) is 11.9 Å².